The van der Waals surface area contributed by atoms with Gasteiger partial charge in [-0.3, -0.25) is 14.4 Å². The number of ether oxygens (including phenoxy) is 1. The first kappa shape index (κ1) is 21.9. The van der Waals surface area contributed by atoms with E-state index in [4.69, 9.17) is 16.3 Å². The molecule has 1 aliphatic heterocycles. The van der Waals surface area contributed by atoms with Crippen LogP contribution >= 0.6 is 11.6 Å². The summed E-state index contributed by atoms with van der Waals surface area (Å²) in [5.74, 6) is -0.996. The average Bonchev–Trinajstić information content (AvgIpc) is 3.04. The Balaban J connectivity index is 1.52. The van der Waals surface area contributed by atoms with Crippen molar-refractivity contribution in [3.8, 4) is 11.5 Å². The molecule has 3 N–H and O–H groups in total. The van der Waals surface area contributed by atoms with Crippen LogP contribution in [-0.4, -0.2) is 29.9 Å². The van der Waals surface area contributed by atoms with Crippen LogP contribution in [0.25, 0.3) is 0 Å². The van der Waals surface area contributed by atoms with E-state index in [2.05, 4.69) is 10.6 Å². The number of imide groups is 1. The first-order valence-corrected chi connectivity index (χ1v) is 10.2. The highest BCUT2D eigenvalue weighted by Crippen LogP contribution is 2.31. The largest absolute Gasteiger partial charge is 0.508 e. The van der Waals surface area contributed by atoms with E-state index in [0.29, 0.717) is 28.4 Å². The zero-order valence-corrected chi connectivity index (χ0v) is 18.1. The minimum atomic E-state index is -0.657. The number of phenolic OH excluding ortho intramolecular Hbond substituents is 1. The van der Waals surface area contributed by atoms with Gasteiger partial charge in [0.15, 0.2) is 0 Å². The summed E-state index contributed by atoms with van der Waals surface area (Å²) in [6, 6.07) is 18.9. The zero-order valence-electron chi connectivity index (χ0n) is 17.3. The van der Waals surface area contributed by atoms with Gasteiger partial charge >= 0.3 is 0 Å². The molecule has 1 heterocycles. The molecule has 0 saturated heterocycles. The van der Waals surface area contributed by atoms with Gasteiger partial charge in [0.2, 0.25) is 0 Å². The van der Waals surface area contributed by atoms with Gasteiger partial charge in [-0.1, -0.05) is 17.7 Å². The highest BCUT2D eigenvalue weighted by Gasteiger charge is 2.39. The van der Waals surface area contributed by atoms with Crippen LogP contribution < -0.4 is 20.3 Å². The molecule has 0 aliphatic carbocycles. The summed E-state index contributed by atoms with van der Waals surface area (Å²) in [6.07, 6.45) is 0. The van der Waals surface area contributed by atoms with E-state index in [1.807, 2.05) is 0 Å². The molecule has 33 heavy (non-hydrogen) atoms. The van der Waals surface area contributed by atoms with Crippen molar-refractivity contribution in [2.24, 2.45) is 0 Å². The molecule has 3 aromatic rings. The highest BCUT2D eigenvalue weighted by atomic mass is 35.5. The van der Waals surface area contributed by atoms with Crippen molar-refractivity contribution in [1.29, 1.82) is 0 Å². The molecule has 9 heteroatoms. The minimum Gasteiger partial charge on any atom is -0.508 e. The summed E-state index contributed by atoms with van der Waals surface area (Å²) in [7, 11) is 1.51. The van der Waals surface area contributed by atoms with Gasteiger partial charge in [-0.2, -0.15) is 0 Å². The fraction of sp³-hybridized carbons (Fsp3) is 0.0417. The third-order valence-electron chi connectivity index (χ3n) is 4.88. The average molecular weight is 464 g/mol. The fourth-order valence-corrected chi connectivity index (χ4v) is 3.42. The molecule has 1 aliphatic rings. The van der Waals surface area contributed by atoms with E-state index >= 15 is 0 Å². The van der Waals surface area contributed by atoms with Crippen molar-refractivity contribution in [3.05, 3.63) is 89.1 Å². The molecule has 166 valence electrons. The SMILES string of the molecule is COc1ccc(N2C(=O)C(Cl)=C(Nc3cccc(C(=O)Nc4ccc(O)cc4)c3)C2=O)cc1. The number of amides is 3. The van der Waals surface area contributed by atoms with E-state index in [1.54, 1.807) is 54.6 Å². The molecule has 4 rings (SSSR count). The Labute approximate surface area is 194 Å². The molecule has 3 amide bonds. The summed E-state index contributed by atoms with van der Waals surface area (Å²) in [6.45, 7) is 0. The Hall–Kier alpha value is -4.30. The normalized spacial score (nSPS) is 13.3. The van der Waals surface area contributed by atoms with E-state index < -0.39 is 17.7 Å². The number of carbonyl (C=O) groups is 3. The molecule has 3 aromatic carbocycles. The molecular weight excluding hydrogens is 446 g/mol. The molecule has 0 atom stereocenters. The van der Waals surface area contributed by atoms with Crippen molar-refractivity contribution in [1.82, 2.24) is 0 Å². The lowest BCUT2D eigenvalue weighted by Gasteiger charge is -2.15. The Morgan fingerprint density at radius 2 is 1.64 bits per heavy atom. The maximum absolute atomic E-state index is 12.9. The Morgan fingerprint density at radius 3 is 2.30 bits per heavy atom. The van der Waals surface area contributed by atoms with Gasteiger partial charge < -0.3 is 20.5 Å². The minimum absolute atomic E-state index is 0.0869. The number of nitrogens with one attached hydrogen (secondary N) is 2. The van der Waals surface area contributed by atoms with Gasteiger partial charge in [-0.25, -0.2) is 4.90 Å². The van der Waals surface area contributed by atoms with Crippen LogP contribution in [0.5, 0.6) is 11.5 Å². The number of hydrogen-bond donors (Lipinski definition) is 3. The van der Waals surface area contributed by atoms with Crippen LogP contribution in [0.1, 0.15) is 10.4 Å². The predicted octanol–water partition coefficient (Wildman–Crippen LogP) is 4.09. The quantitative estimate of drug-likeness (QED) is 0.375. The third kappa shape index (κ3) is 4.51. The predicted molar refractivity (Wildman–Crippen MR) is 124 cm³/mol. The number of nitrogens with zero attached hydrogens (tertiary/aromatic N) is 1. The molecule has 0 fully saturated rings. The molecule has 0 spiro atoms. The topological polar surface area (TPSA) is 108 Å². The molecule has 0 unspecified atom stereocenters. The van der Waals surface area contributed by atoms with Crippen LogP contribution in [0.2, 0.25) is 0 Å². The van der Waals surface area contributed by atoms with Crippen LogP contribution in [0.4, 0.5) is 17.1 Å². The molecule has 0 radical (unpaired) electrons. The number of methoxy groups -OCH3 is 1. The molecule has 0 saturated carbocycles. The fourth-order valence-electron chi connectivity index (χ4n) is 3.21. The number of rotatable bonds is 6. The monoisotopic (exact) mass is 463 g/mol. The van der Waals surface area contributed by atoms with Crippen molar-refractivity contribution in [3.63, 3.8) is 0 Å². The second kappa shape index (κ2) is 9.05. The van der Waals surface area contributed by atoms with Gasteiger partial charge in [0.1, 0.15) is 22.2 Å². The lowest BCUT2D eigenvalue weighted by atomic mass is 10.1. The second-order valence-electron chi connectivity index (χ2n) is 7.04. The highest BCUT2D eigenvalue weighted by molar-refractivity contribution is 6.53. The Kier molecular flexibility index (Phi) is 6.01. The van der Waals surface area contributed by atoms with Crippen molar-refractivity contribution < 1.29 is 24.2 Å². The summed E-state index contributed by atoms with van der Waals surface area (Å²) in [5, 5.41) is 14.7. The van der Waals surface area contributed by atoms with Crippen LogP contribution in [0, 0.1) is 0 Å². The summed E-state index contributed by atoms with van der Waals surface area (Å²) >= 11 is 6.18. The number of halogens is 1. The van der Waals surface area contributed by atoms with Gasteiger partial charge in [-0.05, 0) is 66.7 Å². The number of phenols is 1. The van der Waals surface area contributed by atoms with Crippen molar-refractivity contribution in [2.75, 3.05) is 22.6 Å². The van der Waals surface area contributed by atoms with Gasteiger partial charge in [-0.15, -0.1) is 0 Å². The van der Waals surface area contributed by atoms with E-state index in [-0.39, 0.29) is 16.5 Å². The summed E-state index contributed by atoms with van der Waals surface area (Å²) in [5.41, 5.74) is 1.48. The third-order valence-corrected chi connectivity index (χ3v) is 5.23. The van der Waals surface area contributed by atoms with Crippen LogP contribution in [0.3, 0.4) is 0 Å². The standard InChI is InChI=1S/C24H18ClN3O5/c1-33-19-11-7-17(8-12-19)28-23(31)20(25)21(24(28)32)26-16-4-2-3-14(13-16)22(30)27-15-5-9-18(29)10-6-15/h2-13,26,29H,1H3,(H,27,30). The zero-order chi connectivity index (χ0) is 23.5. The summed E-state index contributed by atoms with van der Waals surface area (Å²) in [4.78, 5) is 39.1. The van der Waals surface area contributed by atoms with Gasteiger partial charge in [0.05, 0.1) is 12.8 Å². The Bertz CT molecular complexity index is 1270. The van der Waals surface area contributed by atoms with E-state index in [0.717, 1.165) is 4.90 Å². The number of carbonyl (C=O) groups excluding carboxylic acids is 3. The molecule has 0 bridgehead atoms. The molecule has 8 nitrogen and oxygen atoms in total. The second-order valence-corrected chi connectivity index (χ2v) is 7.42. The van der Waals surface area contributed by atoms with Crippen LogP contribution in [0.15, 0.2) is 83.5 Å². The number of aromatic hydroxyl groups is 1. The Morgan fingerprint density at radius 1 is 0.939 bits per heavy atom. The molecular formula is C24H18ClN3O5. The van der Waals surface area contributed by atoms with E-state index in [9.17, 15) is 19.5 Å². The number of hydrogen-bond acceptors (Lipinski definition) is 6. The van der Waals surface area contributed by atoms with Gasteiger partial charge in [0.25, 0.3) is 17.7 Å². The maximum Gasteiger partial charge on any atom is 0.283 e. The first-order valence-electron chi connectivity index (χ1n) is 9.77. The first-order chi connectivity index (χ1) is 15.9. The van der Waals surface area contributed by atoms with Crippen molar-refractivity contribution >= 4 is 46.4 Å². The van der Waals surface area contributed by atoms with Crippen LogP contribution in [-0.2, 0) is 9.59 Å². The lowest BCUT2D eigenvalue weighted by molar-refractivity contribution is -0.120. The number of anilines is 3. The van der Waals surface area contributed by atoms with Crippen molar-refractivity contribution in [2.45, 2.75) is 0 Å². The van der Waals surface area contributed by atoms with Gasteiger partial charge in [0, 0.05) is 16.9 Å². The lowest BCUT2D eigenvalue weighted by Crippen LogP contribution is -2.32. The number of benzene rings is 3. The summed E-state index contributed by atoms with van der Waals surface area (Å²) < 4.78 is 5.10. The smallest absolute Gasteiger partial charge is 0.283 e. The molecule has 0 aromatic heterocycles. The maximum atomic E-state index is 12.9. The van der Waals surface area contributed by atoms with E-state index in [1.165, 1.54) is 25.3 Å².